The average Bonchev–Trinajstić information content (AvgIpc) is 2.87. The van der Waals surface area contributed by atoms with Crippen LogP contribution in [0.15, 0.2) is 0 Å². The highest BCUT2D eigenvalue weighted by atomic mass is 16.2. The zero-order valence-electron chi connectivity index (χ0n) is 7.97. The van der Waals surface area contributed by atoms with E-state index in [-0.39, 0.29) is 0 Å². The van der Waals surface area contributed by atoms with Crippen LogP contribution in [0, 0.1) is 0 Å². The van der Waals surface area contributed by atoms with Crippen LogP contribution in [-0.4, -0.2) is 36.2 Å². The largest absolute Gasteiger partial charge is 0.396 e. The number of hydrogen-bond acceptors (Lipinski definition) is 2. The van der Waals surface area contributed by atoms with Crippen molar-refractivity contribution in [3.8, 4) is 0 Å². The van der Waals surface area contributed by atoms with Gasteiger partial charge in [0.25, 0.3) is 0 Å². The van der Waals surface area contributed by atoms with Gasteiger partial charge in [0.15, 0.2) is 0 Å². The molecule has 0 aromatic heterocycles. The fourth-order valence-corrected chi connectivity index (χ4v) is 1.45. The smallest absolute Gasteiger partial charge is 0.0431 e. The Morgan fingerprint density at radius 3 is 2.00 bits per heavy atom. The molecule has 0 unspecified atom stereocenters. The zero-order chi connectivity index (χ0) is 8.65. The van der Waals surface area contributed by atoms with Crippen LogP contribution in [-0.2, 0) is 0 Å². The van der Waals surface area contributed by atoms with E-state index in [2.05, 4.69) is 4.90 Å². The first-order chi connectivity index (χ1) is 5.93. The third-order valence-electron chi connectivity index (χ3n) is 2.42. The normalized spacial score (nSPS) is 16.8. The molecular weight excluding hydrogens is 150 g/mol. The Morgan fingerprint density at radius 1 is 0.833 bits per heavy atom. The molecule has 1 fully saturated rings. The maximum atomic E-state index is 8.54. The number of aliphatic hydroxyl groups is 1. The van der Waals surface area contributed by atoms with Crippen molar-refractivity contribution in [1.82, 2.24) is 4.90 Å². The molecule has 0 aliphatic carbocycles. The maximum absolute atomic E-state index is 8.54. The summed E-state index contributed by atoms with van der Waals surface area (Å²) in [6, 6.07) is 0. The summed E-state index contributed by atoms with van der Waals surface area (Å²) in [6.07, 6.45) is 7.61. The van der Waals surface area contributed by atoms with Crippen LogP contribution in [0.2, 0.25) is 0 Å². The molecule has 12 heavy (non-hydrogen) atoms. The molecule has 0 radical (unpaired) electrons. The van der Waals surface area contributed by atoms with Crippen molar-refractivity contribution in [2.75, 3.05) is 26.2 Å². The van der Waals surface area contributed by atoms with Crippen molar-refractivity contribution in [2.24, 2.45) is 0 Å². The first kappa shape index (κ1) is 10.0. The minimum Gasteiger partial charge on any atom is -0.396 e. The lowest BCUT2D eigenvalue weighted by Crippen LogP contribution is -1.98. The quantitative estimate of drug-likeness (QED) is 0.443. The monoisotopic (exact) mass is 171 g/mol. The molecule has 1 aliphatic heterocycles. The Kier molecular flexibility index (Phi) is 5.37. The Hall–Kier alpha value is -0.0800. The Labute approximate surface area is 75.6 Å². The minimum absolute atomic E-state index is 0.369. The van der Waals surface area contributed by atoms with Gasteiger partial charge in [-0.05, 0) is 19.4 Å². The molecule has 1 rings (SSSR count). The molecule has 72 valence electrons. The Bertz CT molecular complexity index is 102. The van der Waals surface area contributed by atoms with E-state index in [1.807, 2.05) is 0 Å². The first-order valence-electron chi connectivity index (χ1n) is 5.26. The van der Waals surface area contributed by atoms with Crippen LogP contribution >= 0.6 is 0 Å². The van der Waals surface area contributed by atoms with Gasteiger partial charge in [-0.1, -0.05) is 25.7 Å². The van der Waals surface area contributed by atoms with E-state index in [1.54, 1.807) is 0 Å². The summed E-state index contributed by atoms with van der Waals surface area (Å²) in [5.41, 5.74) is 0. The molecule has 0 aromatic carbocycles. The molecule has 1 aliphatic rings. The molecule has 0 atom stereocenters. The second kappa shape index (κ2) is 6.44. The summed E-state index contributed by atoms with van der Waals surface area (Å²) in [6.45, 7) is 4.36. The summed E-state index contributed by atoms with van der Waals surface area (Å²) >= 11 is 0. The number of unbranched alkanes of at least 4 members (excludes halogenated alkanes) is 5. The third-order valence-corrected chi connectivity index (χ3v) is 2.42. The highest BCUT2D eigenvalue weighted by Gasteiger charge is 2.14. The van der Waals surface area contributed by atoms with Crippen LogP contribution in [0.25, 0.3) is 0 Å². The number of aliphatic hydroxyl groups excluding tert-OH is 1. The van der Waals surface area contributed by atoms with Gasteiger partial charge in [-0.15, -0.1) is 0 Å². The molecule has 2 nitrogen and oxygen atoms in total. The molecule has 0 amide bonds. The fourth-order valence-electron chi connectivity index (χ4n) is 1.45. The van der Waals surface area contributed by atoms with Crippen LogP contribution in [0.3, 0.4) is 0 Å². The molecular formula is C10H21NO. The van der Waals surface area contributed by atoms with Crippen molar-refractivity contribution in [3.63, 3.8) is 0 Å². The maximum Gasteiger partial charge on any atom is 0.0431 e. The van der Waals surface area contributed by atoms with E-state index in [4.69, 9.17) is 5.11 Å². The lowest BCUT2D eigenvalue weighted by atomic mass is 10.1. The van der Waals surface area contributed by atoms with E-state index in [0.717, 1.165) is 6.42 Å². The lowest BCUT2D eigenvalue weighted by Gasteiger charge is -2.00. The number of rotatable bonds is 8. The van der Waals surface area contributed by atoms with Gasteiger partial charge in [-0.2, -0.15) is 0 Å². The minimum atomic E-state index is 0.369. The molecule has 1 saturated heterocycles. The Balaban J connectivity index is 1.65. The molecule has 0 saturated carbocycles. The van der Waals surface area contributed by atoms with Gasteiger partial charge in [0.1, 0.15) is 0 Å². The second-order valence-corrected chi connectivity index (χ2v) is 3.69. The molecule has 0 aromatic rings. The summed E-state index contributed by atoms with van der Waals surface area (Å²) < 4.78 is 0. The van der Waals surface area contributed by atoms with Crippen molar-refractivity contribution in [1.29, 1.82) is 0 Å². The predicted molar refractivity (Wildman–Crippen MR) is 51.2 cm³/mol. The van der Waals surface area contributed by atoms with Gasteiger partial charge in [0, 0.05) is 19.7 Å². The van der Waals surface area contributed by atoms with Gasteiger partial charge in [0.2, 0.25) is 0 Å². The lowest BCUT2D eigenvalue weighted by molar-refractivity contribution is 0.282. The van der Waals surface area contributed by atoms with Crippen LogP contribution in [0.4, 0.5) is 0 Å². The molecule has 2 heteroatoms. The molecule has 0 bridgehead atoms. The van der Waals surface area contributed by atoms with Crippen molar-refractivity contribution >= 4 is 0 Å². The Morgan fingerprint density at radius 2 is 1.42 bits per heavy atom. The average molecular weight is 171 g/mol. The highest BCUT2D eigenvalue weighted by molar-refractivity contribution is 4.71. The van der Waals surface area contributed by atoms with Crippen molar-refractivity contribution in [3.05, 3.63) is 0 Å². The highest BCUT2D eigenvalue weighted by Crippen LogP contribution is 2.09. The van der Waals surface area contributed by atoms with Crippen molar-refractivity contribution < 1.29 is 5.11 Å². The van der Waals surface area contributed by atoms with Crippen LogP contribution in [0.5, 0.6) is 0 Å². The summed E-state index contributed by atoms with van der Waals surface area (Å²) in [5.74, 6) is 0. The van der Waals surface area contributed by atoms with Crippen molar-refractivity contribution in [2.45, 2.75) is 38.5 Å². The van der Waals surface area contributed by atoms with Gasteiger partial charge < -0.3 is 10.0 Å². The zero-order valence-corrected chi connectivity index (χ0v) is 7.97. The third kappa shape index (κ3) is 5.56. The van der Waals surface area contributed by atoms with Gasteiger partial charge in [-0.25, -0.2) is 0 Å². The topological polar surface area (TPSA) is 23.2 Å². The molecule has 1 N–H and O–H groups in total. The summed E-state index contributed by atoms with van der Waals surface area (Å²) in [5, 5.41) is 8.54. The fraction of sp³-hybridized carbons (Fsp3) is 1.00. The first-order valence-corrected chi connectivity index (χ1v) is 5.26. The SMILES string of the molecule is OCCCCCCCCN1CC1. The van der Waals surface area contributed by atoms with Gasteiger partial charge in [0.05, 0.1) is 0 Å². The summed E-state index contributed by atoms with van der Waals surface area (Å²) in [7, 11) is 0. The van der Waals surface area contributed by atoms with E-state index >= 15 is 0 Å². The number of nitrogens with zero attached hydrogens (tertiary/aromatic N) is 1. The predicted octanol–water partition coefficient (Wildman–Crippen LogP) is 1.63. The standard InChI is InChI=1S/C10H21NO/c12-10-6-4-2-1-3-5-7-11-8-9-11/h12H,1-10H2. The molecule has 0 spiro atoms. The van der Waals surface area contributed by atoms with E-state index in [0.29, 0.717) is 6.61 Å². The van der Waals surface area contributed by atoms with E-state index < -0.39 is 0 Å². The van der Waals surface area contributed by atoms with Gasteiger partial charge in [-0.3, -0.25) is 0 Å². The van der Waals surface area contributed by atoms with Gasteiger partial charge >= 0.3 is 0 Å². The molecule has 1 heterocycles. The summed E-state index contributed by atoms with van der Waals surface area (Å²) in [4.78, 5) is 2.48. The van der Waals surface area contributed by atoms with Crippen LogP contribution < -0.4 is 0 Å². The van der Waals surface area contributed by atoms with E-state index in [9.17, 15) is 0 Å². The second-order valence-electron chi connectivity index (χ2n) is 3.69. The number of hydrogen-bond donors (Lipinski definition) is 1. The van der Waals surface area contributed by atoms with E-state index in [1.165, 1.54) is 51.7 Å². The van der Waals surface area contributed by atoms with Crippen LogP contribution in [0.1, 0.15) is 38.5 Å².